The lowest BCUT2D eigenvalue weighted by atomic mass is 10.1. The third kappa shape index (κ3) is 4.28. The fourth-order valence-corrected chi connectivity index (χ4v) is 2.97. The highest BCUT2D eigenvalue weighted by atomic mass is 16.6. The maximum atomic E-state index is 12.9. The van der Waals surface area contributed by atoms with Crippen LogP contribution in [0.1, 0.15) is 33.2 Å². The number of rotatable bonds is 7. The van der Waals surface area contributed by atoms with Crippen LogP contribution in [0.15, 0.2) is 48.7 Å². The van der Waals surface area contributed by atoms with E-state index in [4.69, 9.17) is 4.74 Å². The molecule has 12 heteroatoms. The van der Waals surface area contributed by atoms with Crippen molar-refractivity contribution in [1.82, 2.24) is 9.78 Å². The van der Waals surface area contributed by atoms with Gasteiger partial charge in [-0.3, -0.25) is 25.0 Å². The van der Waals surface area contributed by atoms with E-state index in [9.17, 15) is 29.8 Å². The second-order valence-electron chi connectivity index (χ2n) is 6.48. The molecule has 2 aromatic carbocycles. The van der Waals surface area contributed by atoms with E-state index >= 15 is 0 Å². The molecule has 12 nitrogen and oxygen atoms in total. The molecule has 0 atom stereocenters. The second-order valence-corrected chi connectivity index (χ2v) is 6.48. The average Bonchev–Trinajstić information content (AvgIpc) is 3.17. The Morgan fingerprint density at radius 1 is 1.09 bits per heavy atom. The van der Waals surface area contributed by atoms with Crippen LogP contribution in [-0.2, 0) is 4.74 Å². The molecule has 0 aliphatic carbocycles. The van der Waals surface area contributed by atoms with Gasteiger partial charge in [0.1, 0.15) is 11.1 Å². The molecule has 1 heterocycles. The van der Waals surface area contributed by atoms with Crippen LogP contribution in [-0.4, -0.2) is 38.1 Å². The van der Waals surface area contributed by atoms with Gasteiger partial charge in [-0.1, -0.05) is 18.2 Å². The lowest BCUT2D eigenvalue weighted by Gasteiger charge is -2.11. The maximum Gasteiger partial charge on any atom is 0.343 e. The molecular weight excluding hydrogens is 422 g/mol. The minimum atomic E-state index is -0.903. The highest BCUT2D eigenvalue weighted by molar-refractivity contribution is 6.08. The number of amides is 1. The fourth-order valence-electron chi connectivity index (χ4n) is 2.97. The van der Waals surface area contributed by atoms with E-state index in [1.54, 1.807) is 37.3 Å². The van der Waals surface area contributed by atoms with Gasteiger partial charge in [0.2, 0.25) is 0 Å². The zero-order valence-electron chi connectivity index (χ0n) is 17.0. The number of para-hydroxylation sites is 1. The predicted molar refractivity (Wildman–Crippen MR) is 112 cm³/mol. The van der Waals surface area contributed by atoms with Gasteiger partial charge in [-0.05, 0) is 26.0 Å². The van der Waals surface area contributed by atoms with Gasteiger partial charge in [-0.15, -0.1) is 0 Å². The molecule has 32 heavy (non-hydrogen) atoms. The van der Waals surface area contributed by atoms with Crippen LogP contribution < -0.4 is 5.32 Å². The molecule has 1 aromatic heterocycles. The fraction of sp³-hybridized carbons (Fsp3) is 0.150. The summed E-state index contributed by atoms with van der Waals surface area (Å²) >= 11 is 0. The standard InChI is InChI=1S/C20H17N5O7/c1-3-32-20(27)15-11-21-23(14-7-5-4-6-8-14)18(15)22-19(26)13-9-16(24(28)29)12(2)17(10-13)25(30)31/h4-11H,3H2,1-2H3,(H,22,26). The Morgan fingerprint density at radius 2 is 1.69 bits per heavy atom. The van der Waals surface area contributed by atoms with E-state index in [1.807, 2.05) is 0 Å². The number of nitro benzene ring substituents is 2. The first-order valence-electron chi connectivity index (χ1n) is 9.30. The maximum absolute atomic E-state index is 12.9. The first-order valence-corrected chi connectivity index (χ1v) is 9.30. The summed E-state index contributed by atoms with van der Waals surface area (Å²) < 4.78 is 6.28. The lowest BCUT2D eigenvalue weighted by molar-refractivity contribution is -0.395. The highest BCUT2D eigenvalue weighted by Crippen LogP contribution is 2.30. The number of nitrogens with zero attached hydrogens (tertiary/aromatic N) is 4. The Hall–Kier alpha value is -4.61. The predicted octanol–water partition coefficient (Wildman–Crippen LogP) is 3.43. The van der Waals surface area contributed by atoms with Gasteiger partial charge >= 0.3 is 5.97 Å². The van der Waals surface area contributed by atoms with Crippen molar-refractivity contribution in [2.75, 3.05) is 11.9 Å². The molecule has 0 fully saturated rings. The average molecular weight is 439 g/mol. The molecule has 0 unspecified atom stereocenters. The van der Waals surface area contributed by atoms with E-state index in [1.165, 1.54) is 17.8 Å². The van der Waals surface area contributed by atoms with Crippen molar-refractivity contribution in [2.45, 2.75) is 13.8 Å². The molecule has 0 spiro atoms. The van der Waals surface area contributed by atoms with Gasteiger partial charge < -0.3 is 10.1 Å². The van der Waals surface area contributed by atoms with E-state index in [0.717, 1.165) is 12.1 Å². The Balaban J connectivity index is 2.09. The Labute approximate surface area is 180 Å². The molecule has 0 aliphatic rings. The van der Waals surface area contributed by atoms with Crippen molar-refractivity contribution >= 4 is 29.1 Å². The molecule has 0 bridgehead atoms. The SMILES string of the molecule is CCOC(=O)c1cnn(-c2ccccc2)c1NC(=O)c1cc([N+](=O)[O-])c(C)c([N+](=O)[O-])c1. The summed E-state index contributed by atoms with van der Waals surface area (Å²) in [4.78, 5) is 46.3. The number of hydrogen-bond donors (Lipinski definition) is 1. The number of carbonyl (C=O) groups is 2. The van der Waals surface area contributed by atoms with Gasteiger partial charge in [-0.2, -0.15) is 5.10 Å². The van der Waals surface area contributed by atoms with Crippen molar-refractivity contribution < 1.29 is 24.2 Å². The molecule has 1 N–H and O–H groups in total. The zero-order chi connectivity index (χ0) is 23.4. The summed E-state index contributed by atoms with van der Waals surface area (Å²) in [5, 5.41) is 29.2. The van der Waals surface area contributed by atoms with Crippen molar-refractivity contribution in [2.24, 2.45) is 0 Å². The number of esters is 1. The first kappa shape index (κ1) is 22.1. The number of benzene rings is 2. The van der Waals surface area contributed by atoms with Crippen molar-refractivity contribution in [1.29, 1.82) is 0 Å². The summed E-state index contributed by atoms with van der Waals surface area (Å²) in [6.07, 6.45) is 1.21. The number of carbonyl (C=O) groups excluding carboxylic acids is 2. The van der Waals surface area contributed by atoms with Crippen LogP contribution in [0.3, 0.4) is 0 Å². The largest absolute Gasteiger partial charge is 0.462 e. The van der Waals surface area contributed by atoms with Gasteiger partial charge in [-0.25, -0.2) is 9.48 Å². The summed E-state index contributed by atoms with van der Waals surface area (Å²) in [6.45, 7) is 2.92. The smallest absolute Gasteiger partial charge is 0.343 e. The van der Waals surface area contributed by atoms with E-state index in [0.29, 0.717) is 5.69 Å². The summed E-state index contributed by atoms with van der Waals surface area (Å²) in [5.41, 5.74) is -1.21. The molecule has 1 amide bonds. The monoisotopic (exact) mass is 439 g/mol. The van der Waals surface area contributed by atoms with E-state index < -0.39 is 33.1 Å². The van der Waals surface area contributed by atoms with Crippen molar-refractivity contribution in [3.8, 4) is 5.69 Å². The van der Waals surface area contributed by atoms with E-state index in [2.05, 4.69) is 10.4 Å². The number of ether oxygens (including phenoxy) is 1. The Morgan fingerprint density at radius 3 is 2.22 bits per heavy atom. The number of anilines is 1. The molecule has 0 saturated carbocycles. The number of aromatic nitrogens is 2. The lowest BCUT2D eigenvalue weighted by Crippen LogP contribution is -2.18. The Kier molecular flexibility index (Phi) is 6.24. The summed E-state index contributed by atoms with van der Waals surface area (Å²) in [5.74, 6) is -1.70. The molecule has 3 rings (SSSR count). The molecule has 0 saturated heterocycles. The topological polar surface area (TPSA) is 160 Å². The quantitative estimate of drug-likeness (QED) is 0.333. The third-order valence-corrected chi connectivity index (χ3v) is 4.51. The van der Waals surface area contributed by atoms with Crippen LogP contribution in [0, 0.1) is 27.2 Å². The highest BCUT2D eigenvalue weighted by Gasteiger charge is 2.27. The molecule has 0 radical (unpaired) electrons. The van der Waals surface area contributed by atoms with Gasteiger partial charge in [0.05, 0.1) is 33.9 Å². The third-order valence-electron chi connectivity index (χ3n) is 4.51. The molecular formula is C20H17N5O7. The van der Waals surface area contributed by atoms with Crippen molar-refractivity contribution in [3.63, 3.8) is 0 Å². The second kappa shape index (κ2) is 9.04. The molecule has 0 aliphatic heterocycles. The molecule has 3 aromatic rings. The minimum Gasteiger partial charge on any atom is -0.462 e. The van der Waals surface area contributed by atoms with Crippen molar-refractivity contribution in [3.05, 3.63) is 85.6 Å². The minimum absolute atomic E-state index is 0.0504. The van der Waals surface area contributed by atoms with E-state index in [-0.39, 0.29) is 29.1 Å². The summed E-state index contributed by atoms with van der Waals surface area (Å²) in [6, 6.07) is 10.4. The van der Waals surface area contributed by atoms with Gasteiger partial charge in [0.25, 0.3) is 17.3 Å². The Bertz CT molecular complexity index is 1190. The van der Waals surface area contributed by atoms with Crippen LogP contribution in [0.5, 0.6) is 0 Å². The number of nitro groups is 2. The molecule has 164 valence electrons. The van der Waals surface area contributed by atoms with Crippen LogP contribution in [0.2, 0.25) is 0 Å². The van der Waals surface area contributed by atoms with Gasteiger partial charge in [0.15, 0.2) is 5.82 Å². The van der Waals surface area contributed by atoms with Crippen LogP contribution >= 0.6 is 0 Å². The normalized spacial score (nSPS) is 10.4. The first-order chi connectivity index (χ1) is 15.2. The number of hydrogen-bond acceptors (Lipinski definition) is 8. The van der Waals surface area contributed by atoms with Crippen LogP contribution in [0.4, 0.5) is 17.2 Å². The summed E-state index contributed by atoms with van der Waals surface area (Å²) in [7, 11) is 0. The number of nitrogens with one attached hydrogen (secondary N) is 1. The zero-order valence-corrected chi connectivity index (χ0v) is 17.0. The van der Waals surface area contributed by atoms with Gasteiger partial charge in [0, 0.05) is 12.1 Å². The van der Waals surface area contributed by atoms with Crippen LogP contribution in [0.25, 0.3) is 5.69 Å².